The molecule has 48 valence electrons. The summed E-state index contributed by atoms with van der Waals surface area (Å²) in [6.45, 7) is 0. The first-order valence-corrected chi connectivity index (χ1v) is 3.08. The van der Waals surface area contributed by atoms with Crippen LogP contribution in [0.4, 0.5) is 0 Å². The second kappa shape index (κ2) is 2.35. The van der Waals surface area contributed by atoms with Gasteiger partial charge < -0.3 is 0 Å². The maximum atomic E-state index is 9.89. The molecule has 0 saturated carbocycles. The third-order valence-electron chi connectivity index (χ3n) is 0.559. The summed E-state index contributed by atoms with van der Waals surface area (Å²) in [6.07, 6.45) is 1.18. The predicted molar refractivity (Wildman–Crippen MR) is 28.2 cm³/mol. The quantitative estimate of drug-likeness (QED) is 0.435. The fraction of sp³-hybridized carbons (Fsp3) is 0. The lowest BCUT2D eigenvalue weighted by atomic mass is 11.2. The highest BCUT2D eigenvalue weighted by Gasteiger charge is 1.82. The van der Waals surface area contributed by atoms with Crippen LogP contribution in [0.1, 0.15) is 0 Å². The zero-order chi connectivity index (χ0) is 6.69. The van der Waals surface area contributed by atoms with E-state index in [-0.39, 0.29) is 0 Å². The maximum Gasteiger partial charge on any atom is 0.232 e. The van der Waals surface area contributed by atoms with Crippen molar-refractivity contribution in [1.82, 2.24) is 20.2 Å². The van der Waals surface area contributed by atoms with E-state index in [2.05, 4.69) is 15.5 Å². The first kappa shape index (κ1) is 5.89. The van der Waals surface area contributed by atoms with Crippen LogP contribution in [-0.4, -0.2) is 34.1 Å². The molecular formula is C2H2N4O2S. The van der Waals surface area contributed by atoms with E-state index in [0.29, 0.717) is 0 Å². The van der Waals surface area contributed by atoms with Gasteiger partial charge in [0.2, 0.25) is 10.3 Å². The van der Waals surface area contributed by atoms with Crippen molar-refractivity contribution in [3.05, 3.63) is 6.33 Å². The van der Waals surface area contributed by atoms with Crippen molar-refractivity contribution in [2.45, 2.75) is 0 Å². The van der Waals surface area contributed by atoms with Gasteiger partial charge in [-0.25, -0.2) is 0 Å². The van der Waals surface area contributed by atoms with Crippen LogP contribution >= 0.6 is 0 Å². The molecule has 0 amide bonds. The van der Waals surface area contributed by atoms with E-state index in [9.17, 15) is 8.42 Å². The van der Waals surface area contributed by atoms with E-state index < -0.39 is 10.3 Å². The van der Waals surface area contributed by atoms with Gasteiger partial charge in [-0.05, 0) is 10.4 Å². The first-order chi connectivity index (χ1) is 4.29. The van der Waals surface area contributed by atoms with E-state index in [1.54, 1.807) is 0 Å². The van der Waals surface area contributed by atoms with Gasteiger partial charge in [-0.2, -0.15) is 13.1 Å². The van der Waals surface area contributed by atoms with Crippen molar-refractivity contribution in [2.75, 3.05) is 0 Å². The van der Waals surface area contributed by atoms with E-state index in [1.807, 2.05) is 0 Å². The summed E-state index contributed by atoms with van der Waals surface area (Å²) in [7, 11) is -2.25. The van der Waals surface area contributed by atoms with Crippen LogP contribution in [0.2, 0.25) is 0 Å². The smallest absolute Gasteiger partial charge is 0.192 e. The highest BCUT2D eigenvalue weighted by atomic mass is 32.2. The van der Waals surface area contributed by atoms with Crippen LogP contribution in [0.25, 0.3) is 0 Å². The number of nitrogens with zero attached hydrogens (tertiary/aromatic N) is 4. The Balaban J connectivity index is 3.07. The largest absolute Gasteiger partial charge is 0.232 e. The van der Waals surface area contributed by atoms with Crippen LogP contribution < -0.4 is 0 Å². The molecule has 0 fully saturated rings. The highest BCUT2D eigenvalue weighted by molar-refractivity contribution is 7.71. The Morgan fingerprint density at radius 1 is 1.56 bits per heavy atom. The molecular weight excluding hydrogens is 144 g/mol. The molecule has 0 aliphatic carbocycles. The van der Waals surface area contributed by atoms with Crippen LogP contribution in [0.15, 0.2) is 6.33 Å². The molecule has 6 nitrogen and oxygen atoms in total. The summed E-state index contributed by atoms with van der Waals surface area (Å²) in [6, 6.07) is 0. The fourth-order valence-electron chi connectivity index (χ4n) is 0.305. The number of tetrazole rings is 1. The summed E-state index contributed by atoms with van der Waals surface area (Å²) in [4.78, 5) is 0. The number of hydrogen-bond donors (Lipinski definition) is 0. The molecule has 1 heterocycles. The molecule has 0 atom stereocenters. The SMILES string of the molecule is O=S(=O)=Cn1cnnn1. The van der Waals surface area contributed by atoms with Crippen molar-refractivity contribution in [1.29, 1.82) is 0 Å². The van der Waals surface area contributed by atoms with Gasteiger partial charge in [-0.3, -0.25) is 0 Å². The molecule has 0 aliphatic rings. The van der Waals surface area contributed by atoms with Crippen LogP contribution in [-0.2, 0) is 10.3 Å². The molecule has 0 bridgehead atoms. The average Bonchev–Trinajstić information content (AvgIpc) is 2.15. The van der Waals surface area contributed by atoms with Gasteiger partial charge in [-0.15, -0.1) is 5.10 Å². The molecule has 1 aromatic heterocycles. The van der Waals surface area contributed by atoms with Crippen LogP contribution in [0.3, 0.4) is 0 Å². The zero-order valence-corrected chi connectivity index (χ0v) is 4.98. The summed E-state index contributed by atoms with van der Waals surface area (Å²) in [5.74, 6) is 0. The topological polar surface area (TPSA) is 77.7 Å². The normalized spacial score (nSPS) is 8.89. The molecule has 0 unspecified atom stereocenters. The molecule has 0 aliphatic heterocycles. The second-order valence-electron chi connectivity index (χ2n) is 1.16. The van der Waals surface area contributed by atoms with Crippen molar-refractivity contribution < 1.29 is 8.42 Å². The van der Waals surface area contributed by atoms with E-state index in [4.69, 9.17) is 0 Å². The van der Waals surface area contributed by atoms with E-state index in [1.165, 1.54) is 6.33 Å². The molecule has 1 aromatic rings. The Kier molecular flexibility index (Phi) is 1.54. The van der Waals surface area contributed by atoms with Gasteiger partial charge in [0.05, 0.1) is 0 Å². The third-order valence-corrected chi connectivity index (χ3v) is 0.947. The van der Waals surface area contributed by atoms with Crippen molar-refractivity contribution in [3.63, 3.8) is 0 Å². The fourth-order valence-corrected chi connectivity index (χ4v) is 0.578. The number of rotatable bonds is 1. The minimum absolute atomic E-state index is 0.847. The van der Waals surface area contributed by atoms with Crippen LogP contribution in [0, 0.1) is 0 Å². The molecule has 0 aromatic carbocycles. The standard InChI is InChI=1S/C2H2N4O2S/c7-9(8)2-6-1-3-4-5-6/h1-2H. The Labute approximate surface area is 51.6 Å². The zero-order valence-electron chi connectivity index (χ0n) is 4.17. The van der Waals surface area contributed by atoms with Crippen molar-refractivity contribution in [2.24, 2.45) is 0 Å². The molecule has 9 heavy (non-hydrogen) atoms. The first-order valence-electron chi connectivity index (χ1n) is 1.94. The van der Waals surface area contributed by atoms with Crippen LogP contribution in [0.5, 0.6) is 0 Å². The molecule has 0 saturated heterocycles. The van der Waals surface area contributed by atoms with E-state index >= 15 is 0 Å². The molecule has 7 heteroatoms. The highest BCUT2D eigenvalue weighted by Crippen LogP contribution is 1.62. The second-order valence-corrected chi connectivity index (χ2v) is 1.89. The molecule has 0 N–H and O–H groups in total. The summed E-state index contributed by atoms with van der Waals surface area (Å²) < 4.78 is 20.8. The summed E-state index contributed by atoms with van der Waals surface area (Å²) >= 11 is 0. The lowest BCUT2D eigenvalue weighted by Gasteiger charge is -1.73. The van der Waals surface area contributed by atoms with Gasteiger partial charge >= 0.3 is 0 Å². The van der Waals surface area contributed by atoms with Gasteiger partial charge in [0.1, 0.15) is 6.33 Å². The predicted octanol–water partition coefficient (Wildman–Crippen LogP) is -1.84. The third kappa shape index (κ3) is 1.61. The van der Waals surface area contributed by atoms with Crippen molar-refractivity contribution >= 4 is 15.8 Å². The Morgan fingerprint density at radius 3 is 2.78 bits per heavy atom. The van der Waals surface area contributed by atoms with Gasteiger partial charge in [0.25, 0.3) is 0 Å². The average molecular weight is 146 g/mol. The van der Waals surface area contributed by atoms with E-state index in [0.717, 1.165) is 10.2 Å². The summed E-state index contributed by atoms with van der Waals surface area (Å²) in [5.41, 5.74) is 0.847. The van der Waals surface area contributed by atoms with Gasteiger partial charge in [0, 0.05) is 0 Å². The Bertz CT molecular complexity index is 289. The maximum absolute atomic E-state index is 9.89. The Hall–Kier alpha value is -1.24. The van der Waals surface area contributed by atoms with Gasteiger partial charge in [0.15, 0.2) is 5.49 Å². The number of aromatic nitrogens is 4. The number of hydrogen-bond acceptors (Lipinski definition) is 5. The van der Waals surface area contributed by atoms with Gasteiger partial charge in [-0.1, -0.05) is 0 Å². The minimum atomic E-state index is -2.25. The molecule has 0 spiro atoms. The van der Waals surface area contributed by atoms with Crippen molar-refractivity contribution in [3.8, 4) is 0 Å². The molecule has 0 radical (unpaired) electrons. The monoisotopic (exact) mass is 146 g/mol. The Morgan fingerprint density at radius 2 is 2.33 bits per heavy atom. The molecule has 1 rings (SSSR count). The lowest BCUT2D eigenvalue weighted by Crippen LogP contribution is -1.95. The minimum Gasteiger partial charge on any atom is -0.192 e. The summed E-state index contributed by atoms with van der Waals surface area (Å²) in [5, 5.41) is 9.67. The lowest BCUT2D eigenvalue weighted by molar-refractivity contribution is 0.626.